The average molecular weight is 263 g/mol. The van der Waals surface area contributed by atoms with Crippen LogP contribution in [0.1, 0.15) is 20.8 Å². The number of nitrogens with zero attached hydrogens (tertiary/aromatic N) is 4. The molecule has 1 aliphatic heterocycles. The topological polar surface area (TPSA) is 44.3 Å². The zero-order valence-electron chi connectivity index (χ0n) is 12.4. The molecule has 1 aromatic heterocycles. The molecular weight excluding hydrogens is 238 g/mol. The van der Waals surface area contributed by atoms with Gasteiger partial charge in [0.2, 0.25) is 0 Å². The van der Waals surface area contributed by atoms with Crippen molar-refractivity contribution in [2.45, 2.75) is 26.8 Å². The smallest absolute Gasteiger partial charge is 0.134 e. The van der Waals surface area contributed by atoms with Gasteiger partial charge < -0.3 is 15.1 Å². The van der Waals surface area contributed by atoms with Crippen LogP contribution in [0.3, 0.4) is 0 Å². The van der Waals surface area contributed by atoms with E-state index in [1.54, 1.807) is 6.33 Å². The molecule has 1 saturated heterocycles. The molecule has 19 heavy (non-hydrogen) atoms. The summed E-state index contributed by atoms with van der Waals surface area (Å²) in [5.41, 5.74) is 0. The first-order valence-corrected chi connectivity index (χ1v) is 7.07. The molecule has 0 bridgehead atoms. The third kappa shape index (κ3) is 3.80. The van der Waals surface area contributed by atoms with Crippen LogP contribution >= 0.6 is 0 Å². The van der Waals surface area contributed by atoms with Gasteiger partial charge in [-0.1, -0.05) is 13.8 Å². The van der Waals surface area contributed by atoms with Gasteiger partial charge >= 0.3 is 0 Å². The van der Waals surface area contributed by atoms with Crippen molar-refractivity contribution in [3.8, 4) is 0 Å². The van der Waals surface area contributed by atoms with Crippen LogP contribution in [-0.4, -0.2) is 49.2 Å². The van der Waals surface area contributed by atoms with Gasteiger partial charge in [0, 0.05) is 45.3 Å². The van der Waals surface area contributed by atoms with Crippen LogP contribution in [0.25, 0.3) is 0 Å². The number of hydrogen-bond acceptors (Lipinski definition) is 5. The minimum atomic E-state index is 0.514. The van der Waals surface area contributed by atoms with E-state index >= 15 is 0 Å². The predicted molar refractivity (Wildman–Crippen MR) is 79.8 cm³/mol. The summed E-state index contributed by atoms with van der Waals surface area (Å²) < 4.78 is 0. The van der Waals surface area contributed by atoms with Crippen molar-refractivity contribution >= 4 is 11.6 Å². The van der Waals surface area contributed by atoms with E-state index < -0.39 is 0 Å². The summed E-state index contributed by atoms with van der Waals surface area (Å²) in [6.07, 6.45) is 1.67. The van der Waals surface area contributed by atoms with E-state index in [2.05, 4.69) is 59.0 Å². The molecule has 5 nitrogen and oxygen atoms in total. The van der Waals surface area contributed by atoms with E-state index in [0.717, 1.165) is 37.8 Å². The standard InChI is InChI=1S/C14H25N5/c1-11(2)8-18(4)13-7-14(17-10-16-13)19-6-5-15-12(3)9-19/h7,10-12,15H,5-6,8-9H2,1-4H3. The first-order valence-electron chi connectivity index (χ1n) is 7.07. The number of aromatic nitrogens is 2. The van der Waals surface area contributed by atoms with Crippen molar-refractivity contribution in [1.29, 1.82) is 0 Å². The molecular formula is C14H25N5. The molecule has 0 amide bonds. The molecule has 1 fully saturated rings. The lowest BCUT2D eigenvalue weighted by Gasteiger charge is -2.33. The molecule has 5 heteroatoms. The highest BCUT2D eigenvalue weighted by atomic mass is 15.3. The largest absolute Gasteiger partial charge is 0.359 e. The molecule has 0 spiro atoms. The molecule has 0 radical (unpaired) electrons. The Kier molecular flexibility index (Phi) is 4.58. The summed E-state index contributed by atoms with van der Waals surface area (Å²) in [4.78, 5) is 13.3. The highest BCUT2D eigenvalue weighted by Crippen LogP contribution is 2.18. The van der Waals surface area contributed by atoms with Gasteiger partial charge in [-0.25, -0.2) is 9.97 Å². The molecule has 106 valence electrons. The van der Waals surface area contributed by atoms with Crippen molar-refractivity contribution in [3.63, 3.8) is 0 Å². The fourth-order valence-corrected chi connectivity index (χ4v) is 2.50. The third-order valence-electron chi connectivity index (χ3n) is 3.36. The summed E-state index contributed by atoms with van der Waals surface area (Å²) in [5, 5.41) is 3.45. The van der Waals surface area contributed by atoms with Crippen LogP contribution in [0.5, 0.6) is 0 Å². The zero-order valence-corrected chi connectivity index (χ0v) is 12.4. The highest BCUT2D eigenvalue weighted by molar-refractivity contribution is 5.50. The van der Waals surface area contributed by atoms with E-state index in [1.807, 2.05) is 0 Å². The van der Waals surface area contributed by atoms with Crippen LogP contribution in [0.15, 0.2) is 12.4 Å². The third-order valence-corrected chi connectivity index (χ3v) is 3.36. The van der Waals surface area contributed by atoms with Gasteiger partial charge in [-0.3, -0.25) is 0 Å². The van der Waals surface area contributed by atoms with E-state index in [4.69, 9.17) is 0 Å². The maximum Gasteiger partial charge on any atom is 0.134 e. The number of rotatable bonds is 4. The van der Waals surface area contributed by atoms with Gasteiger partial charge in [-0.05, 0) is 12.8 Å². The minimum Gasteiger partial charge on any atom is -0.359 e. The number of nitrogens with one attached hydrogen (secondary N) is 1. The van der Waals surface area contributed by atoms with Gasteiger partial charge in [0.15, 0.2) is 0 Å². The molecule has 2 rings (SSSR count). The Bertz CT molecular complexity index is 407. The fraction of sp³-hybridized carbons (Fsp3) is 0.714. The second kappa shape index (κ2) is 6.19. The highest BCUT2D eigenvalue weighted by Gasteiger charge is 2.17. The lowest BCUT2D eigenvalue weighted by atomic mass is 10.2. The van der Waals surface area contributed by atoms with Crippen LogP contribution in [0.2, 0.25) is 0 Å². The molecule has 0 saturated carbocycles. The molecule has 1 atom stereocenters. The van der Waals surface area contributed by atoms with Crippen LogP contribution in [0, 0.1) is 5.92 Å². The van der Waals surface area contributed by atoms with Gasteiger partial charge in [-0.2, -0.15) is 0 Å². The quantitative estimate of drug-likeness (QED) is 0.889. The molecule has 1 aliphatic rings. The molecule has 1 aromatic rings. The van der Waals surface area contributed by atoms with E-state index in [9.17, 15) is 0 Å². The second-order valence-electron chi connectivity index (χ2n) is 5.81. The summed E-state index contributed by atoms with van der Waals surface area (Å²) in [5.74, 6) is 2.67. The Morgan fingerprint density at radius 2 is 2.26 bits per heavy atom. The molecule has 0 aliphatic carbocycles. The normalized spacial score (nSPS) is 19.8. The lowest BCUT2D eigenvalue weighted by Crippen LogP contribution is -2.49. The Labute approximate surface area is 116 Å². The van der Waals surface area contributed by atoms with Gasteiger partial charge in [0.1, 0.15) is 18.0 Å². The minimum absolute atomic E-state index is 0.514. The molecule has 1 unspecified atom stereocenters. The van der Waals surface area contributed by atoms with Crippen molar-refractivity contribution in [3.05, 3.63) is 12.4 Å². The van der Waals surface area contributed by atoms with Crippen LogP contribution in [-0.2, 0) is 0 Å². The Morgan fingerprint density at radius 1 is 1.47 bits per heavy atom. The lowest BCUT2D eigenvalue weighted by molar-refractivity contribution is 0.482. The van der Waals surface area contributed by atoms with Crippen molar-refractivity contribution in [2.24, 2.45) is 5.92 Å². The van der Waals surface area contributed by atoms with E-state index in [1.165, 1.54) is 0 Å². The molecule has 1 N–H and O–H groups in total. The molecule has 0 aromatic carbocycles. The maximum atomic E-state index is 4.42. The number of hydrogen-bond donors (Lipinski definition) is 1. The molecule has 2 heterocycles. The summed E-state index contributed by atoms with van der Waals surface area (Å²) in [6.45, 7) is 10.7. The van der Waals surface area contributed by atoms with Crippen molar-refractivity contribution < 1.29 is 0 Å². The van der Waals surface area contributed by atoms with E-state index in [-0.39, 0.29) is 0 Å². The van der Waals surface area contributed by atoms with Crippen LogP contribution < -0.4 is 15.1 Å². The number of anilines is 2. The zero-order chi connectivity index (χ0) is 13.8. The average Bonchev–Trinajstić information content (AvgIpc) is 2.38. The van der Waals surface area contributed by atoms with Crippen molar-refractivity contribution in [2.75, 3.05) is 43.0 Å². The first-order chi connectivity index (χ1) is 9.06. The monoisotopic (exact) mass is 263 g/mol. The SMILES string of the molecule is CC(C)CN(C)c1cc(N2CCNC(C)C2)ncn1. The Hall–Kier alpha value is -1.36. The second-order valence-corrected chi connectivity index (χ2v) is 5.81. The predicted octanol–water partition coefficient (Wildman–Crippen LogP) is 1.37. The van der Waals surface area contributed by atoms with Crippen LogP contribution in [0.4, 0.5) is 11.6 Å². The first kappa shape index (κ1) is 14.1. The van der Waals surface area contributed by atoms with Gasteiger partial charge in [0.05, 0.1) is 0 Å². The summed E-state index contributed by atoms with van der Waals surface area (Å²) in [6, 6.07) is 2.61. The summed E-state index contributed by atoms with van der Waals surface area (Å²) in [7, 11) is 2.09. The van der Waals surface area contributed by atoms with Gasteiger partial charge in [-0.15, -0.1) is 0 Å². The van der Waals surface area contributed by atoms with Gasteiger partial charge in [0.25, 0.3) is 0 Å². The number of piperazine rings is 1. The maximum absolute atomic E-state index is 4.42. The Morgan fingerprint density at radius 3 is 2.95 bits per heavy atom. The van der Waals surface area contributed by atoms with Crippen molar-refractivity contribution in [1.82, 2.24) is 15.3 Å². The Balaban J connectivity index is 2.10. The fourth-order valence-electron chi connectivity index (χ4n) is 2.50. The van der Waals surface area contributed by atoms with E-state index in [0.29, 0.717) is 12.0 Å². The summed E-state index contributed by atoms with van der Waals surface area (Å²) >= 11 is 0.